The van der Waals surface area contributed by atoms with Crippen molar-refractivity contribution in [1.29, 1.82) is 0 Å². The topological polar surface area (TPSA) is 49.4 Å². The highest BCUT2D eigenvalue weighted by Gasteiger charge is 2.32. The van der Waals surface area contributed by atoms with Crippen LogP contribution in [0.4, 0.5) is 10.1 Å². The first kappa shape index (κ1) is 17.4. The minimum atomic E-state index is -0.367. The number of carbonyl (C=O) groups is 2. The minimum Gasteiger partial charge on any atom is -0.351 e. The second kappa shape index (κ2) is 8.09. The second-order valence-electron chi connectivity index (χ2n) is 6.17. The predicted octanol–water partition coefficient (Wildman–Crippen LogP) is 3.26. The van der Waals surface area contributed by atoms with E-state index in [0.29, 0.717) is 12.2 Å². The zero-order valence-corrected chi connectivity index (χ0v) is 13.8. The van der Waals surface area contributed by atoms with Crippen LogP contribution >= 0.6 is 0 Å². The van der Waals surface area contributed by atoms with Crippen molar-refractivity contribution in [3.8, 4) is 0 Å². The van der Waals surface area contributed by atoms with Crippen molar-refractivity contribution >= 4 is 17.5 Å². The standard InChI is InChI=1S/C18H25FN2O2/c1-3-6-13(7-4-2)18(23)20-15-11-17(22)21(12-15)16-9-5-8-14(19)10-16/h5,8-10,13,15H,3-4,6-7,11-12H2,1-2H3,(H,20,23)/t15-/m1/s1. The van der Waals surface area contributed by atoms with Crippen LogP contribution in [-0.2, 0) is 9.59 Å². The Morgan fingerprint density at radius 2 is 2.04 bits per heavy atom. The fourth-order valence-corrected chi connectivity index (χ4v) is 3.12. The van der Waals surface area contributed by atoms with Gasteiger partial charge in [-0.1, -0.05) is 32.8 Å². The van der Waals surface area contributed by atoms with E-state index in [4.69, 9.17) is 0 Å². The zero-order valence-electron chi connectivity index (χ0n) is 13.8. The molecule has 1 aliphatic rings. The molecular weight excluding hydrogens is 295 g/mol. The number of anilines is 1. The zero-order chi connectivity index (χ0) is 16.8. The monoisotopic (exact) mass is 320 g/mol. The Morgan fingerprint density at radius 3 is 2.65 bits per heavy atom. The first-order chi connectivity index (χ1) is 11.0. The fraction of sp³-hybridized carbons (Fsp3) is 0.556. The summed E-state index contributed by atoms with van der Waals surface area (Å²) in [6, 6.07) is 5.79. The van der Waals surface area contributed by atoms with Gasteiger partial charge in [-0.2, -0.15) is 0 Å². The summed E-state index contributed by atoms with van der Waals surface area (Å²) in [6.07, 6.45) is 3.95. The number of rotatable bonds is 7. The van der Waals surface area contributed by atoms with Crippen LogP contribution in [0.15, 0.2) is 24.3 Å². The molecule has 1 fully saturated rings. The summed E-state index contributed by atoms with van der Waals surface area (Å²) in [6.45, 7) is 4.54. The van der Waals surface area contributed by atoms with Crippen LogP contribution in [-0.4, -0.2) is 24.4 Å². The van der Waals surface area contributed by atoms with E-state index in [9.17, 15) is 14.0 Å². The molecule has 1 aromatic rings. The summed E-state index contributed by atoms with van der Waals surface area (Å²) in [4.78, 5) is 26.1. The largest absolute Gasteiger partial charge is 0.351 e. The molecule has 0 aromatic heterocycles. The number of nitrogens with one attached hydrogen (secondary N) is 1. The summed E-state index contributed by atoms with van der Waals surface area (Å²) in [5.41, 5.74) is 0.547. The first-order valence-electron chi connectivity index (χ1n) is 8.41. The third-order valence-electron chi connectivity index (χ3n) is 4.24. The van der Waals surface area contributed by atoms with Crippen LogP contribution in [0.1, 0.15) is 46.0 Å². The van der Waals surface area contributed by atoms with Gasteiger partial charge in [0.2, 0.25) is 11.8 Å². The van der Waals surface area contributed by atoms with E-state index in [0.717, 1.165) is 25.7 Å². The van der Waals surface area contributed by atoms with E-state index in [1.165, 1.54) is 12.1 Å². The molecule has 2 amide bonds. The highest BCUT2D eigenvalue weighted by Crippen LogP contribution is 2.23. The molecule has 0 unspecified atom stereocenters. The average molecular weight is 320 g/mol. The van der Waals surface area contributed by atoms with Gasteiger partial charge in [0.15, 0.2) is 0 Å². The minimum absolute atomic E-state index is 0.0170. The molecule has 0 spiro atoms. The van der Waals surface area contributed by atoms with E-state index in [-0.39, 0.29) is 36.0 Å². The lowest BCUT2D eigenvalue weighted by Crippen LogP contribution is -2.40. The molecule has 4 nitrogen and oxygen atoms in total. The SMILES string of the molecule is CCCC(CCC)C(=O)N[C@@H]1CC(=O)N(c2cccc(F)c2)C1. The van der Waals surface area contributed by atoms with Crippen LogP contribution in [0.3, 0.4) is 0 Å². The molecule has 0 aliphatic carbocycles. The van der Waals surface area contributed by atoms with Crippen molar-refractivity contribution in [1.82, 2.24) is 5.32 Å². The van der Waals surface area contributed by atoms with Gasteiger partial charge in [0, 0.05) is 24.6 Å². The number of halogens is 1. The average Bonchev–Trinajstić information content (AvgIpc) is 2.87. The Balaban J connectivity index is 1.98. The smallest absolute Gasteiger partial charge is 0.229 e. The number of carbonyl (C=O) groups excluding carboxylic acids is 2. The molecule has 2 rings (SSSR count). The van der Waals surface area contributed by atoms with Crippen molar-refractivity contribution in [3.05, 3.63) is 30.1 Å². The highest BCUT2D eigenvalue weighted by atomic mass is 19.1. The number of hydrogen-bond acceptors (Lipinski definition) is 2. The summed E-state index contributed by atoms with van der Waals surface area (Å²) >= 11 is 0. The van der Waals surface area contributed by atoms with Gasteiger partial charge in [0.1, 0.15) is 5.82 Å². The molecule has 1 atom stereocenters. The third-order valence-corrected chi connectivity index (χ3v) is 4.24. The number of amides is 2. The Labute approximate surface area is 137 Å². The summed E-state index contributed by atoms with van der Waals surface area (Å²) in [5, 5.41) is 3.00. The maximum atomic E-state index is 13.3. The molecule has 1 saturated heterocycles. The van der Waals surface area contributed by atoms with E-state index in [1.807, 2.05) is 0 Å². The maximum Gasteiger partial charge on any atom is 0.229 e. The van der Waals surface area contributed by atoms with Crippen molar-refractivity contribution in [2.24, 2.45) is 5.92 Å². The predicted molar refractivity (Wildman–Crippen MR) is 88.6 cm³/mol. The lowest BCUT2D eigenvalue weighted by atomic mass is 9.97. The van der Waals surface area contributed by atoms with Crippen molar-refractivity contribution in [2.45, 2.75) is 52.0 Å². The van der Waals surface area contributed by atoms with Gasteiger partial charge in [-0.3, -0.25) is 9.59 Å². The molecule has 1 aliphatic heterocycles. The molecular formula is C18H25FN2O2. The first-order valence-corrected chi connectivity index (χ1v) is 8.41. The normalized spacial score (nSPS) is 17.8. The van der Waals surface area contributed by atoms with Crippen LogP contribution < -0.4 is 10.2 Å². The summed E-state index contributed by atoms with van der Waals surface area (Å²) in [7, 11) is 0. The number of hydrogen-bond donors (Lipinski definition) is 1. The molecule has 1 aromatic carbocycles. The number of nitrogens with zero attached hydrogens (tertiary/aromatic N) is 1. The van der Waals surface area contributed by atoms with Gasteiger partial charge < -0.3 is 10.2 Å². The maximum absolute atomic E-state index is 13.3. The number of benzene rings is 1. The van der Waals surface area contributed by atoms with Crippen LogP contribution in [0.5, 0.6) is 0 Å². The van der Waals surface area contributed by atoms with E-state index in [1.54, 1.807) is 17.0 Å². The Morgan fingerprint density at radius 1 is 1.35 bits per heavy atom. The van der Waals surface area contributed by atoms with Gasteiger partial charge in [0.25, 0.3) is 0 Å². The molecule has 23 heavy (non-hydrogen) atoms. The van der Waals surface area contributed by atoms with Crippen LogP contribution in [0.2, 0.25) is 0 Å². The van der Waals surface area contributed by atoms with E-state index in [2.05, 4.69) is 19.2 Å². The molecule has 126 valence electrons. The summed E-state index contributed by atoms with van der Waals surface area (Å²) in [5.74, 6) is -0.395. The molecule has 1 N–H and O–H groups in total. The van der Waals surface area contributed by atoms with Gasteiger partial charge in [-0.05, 0) is 31.0 Å². The summed E-state index contributed by atoms with van der Waals surface area (Å²) < 4.78 is 13.3. The van der Waals surface area contributed by atoms with E-state index >= 15 is 0 Å². The van der Waals surface area contributed by atoms with Crippen LogP contribution in [0.25, 0.3) is 0 Å². The van der Waals surface area contributed by atoms with Gasteiger partial charge in [-0.15, -0.1) is 0 Å². The van der Waals surface area contributed by atoms with Gasteiger partial charge in [-0.25, -0.2) is 4.39 Å². The molecule has 0 radical (unpaired) electrons. The second-order valence-corrected chi connectivity index (χ2v) is 6.17. The van der Waals surface area contributed by atoms with E-state index < -0.39 is 0 Å². The molecule has 1 heterocycles. The Bertz CT molecular complexity index is 556. The van der Waals surface area contributed by atoms with Crippen molar-refractivity contribution in [3.63, 3.8) is 0 Å². The fourth-order valence-electron chi connectivity index (χ4n) is 3.12. The molecule has 5 heteroatoms. The molecule has 0 bridgehead atoms. The molecule has 0 saturated carbocycles. The highest BCUT2D eigenvalue weighted by molar-refractivity contribution is 5.96. The lowest BCUT2D eigenvalue weighted by molar-refractivity contribution is -0.126. The van der Waals surface area contributed by atoms with Gasteiger partial charge in [0.05, 0.1) is 6.04 Å². The third kappa shape index (κ3) is 4.53. The van der Waals surface area contributed by atoms with Crippen molar-refractivity contribution in [2.75, 3.05) is 11.4 Å². The Hall–Kier alpha value is -1.91. The lowest BCUT2D eigenvalue weighted by Gasteiger charge is -2.20. The Kier molecular flexibility index (Phi) is 6.13. The van der Waals surface area contributed by atoms with Crippen molar-refractivity contribution < 1.29 is 14.0 Å². The van der Waals surface area contributed by atoms with Crippen LogP contribution in [0, 0.1) is 11.7 Å². The quantitative estimate of drug-likeness (QED) is 0.838. The van der Waals surface area contributed by atoms with Gasteiger partial charge >= 0.3 is 0 Å².